The first kappa shape index (κ1) is 20.9. The highest BCUT2D eigenvalue weighted by Gasteiger charge is 2.22. The lowest BCUT2D eigenvalue weighted by Crippen LogP contribution is -2.46. The van der Waals surface area contributed by atoms with Crippen LogP contribution in [0.1, 0.15) is 34.5 Å². The van der Waals surface area contributed by atoms with Crippen molar-refractivity contribution in [3.05, 3.63) is 89.6 Å². The number of amides is 1. The second kappa shape index (κ2) is 10.1. The number of rotatable bonds is 7. The normalized spacial score (nSPS) is 16.0. The Morgan fingerprint density at radius 1 is 1.16 bits per heavy atom. The summed E-state index contributed by atoms with van der Waals surface area (Å²) in [5.74, 6) is 1.50. The summed E-state index contributed by atoms with van der Waals surface area (Å²) in [5, 5.41) is 6.57. The van der Waals surface area contributed by atoms with Crippen molar-refractivity contribution in [1.82, 2.24) is 15.6 Å². The molecule has 4 rings (SSSR count). The van der Waals surface area contributed by atoms with Crippen LogP contribution in [0, 0.1) is 0 Å². The van der Waals surface area contributed by atoms with Crippen molar-refractivity contribution in [2.45, 2.75) is 19.5 Å². The number of carbonyl (C=O) groups is 1. The molecule has 1 saturated heterocycles. The largest absolute Gasteiger partial charge is 0.494 e. The Morgan fingerprint density at radius 3 is 2.81 bits per heavy atom. The molecule has 1 aliphatic rings. The van der Waals surface area contributed by atoms with Gasteiger partial charge in [0.1, 0.15) is 11.6 Å². The standard InChI is InChI=1S/C25H28N4O2/c1-2-31-23-11-7-6-10-21(23)17-28-25(30)20-12-13-27-24(16-20)29-15-14-26-22(18-29)19-8-4-3-5-9-19/h3-13,16,22,26H,2,14-15,17-18H2,1H3,(H,28,30). The molecule has 160 valence electrons. The second-order valence-corrected chi connectivity index (χ2v) is 7.49. The molecule has 1 aliphatic heterocycles. The number of piperazine rings is 1. The Bertz CT molecular complexity index is 1010. The van der Waals surface area contributed by atoms with Crippen molar-refractivity contribution < 1.29 is 9.53 Å². The number of hydrogen-bond acceptors (Lipinski definition) is 5. The lowest BCUT2D eigenvalue weighted by molar-refractivity contribution is 0.0950. The molecule has 0 spiro atoms. The van der Waals surface area contributed by atoms with Crippen LogP contribution in [0.5, 0.6) is 5.75 Å². The van der Waals surface area contributed by atoms with Crippen LogP contribution in [-0.2, 0) is 6.54 Å². The van der Waals surface area contributed by atoms with Crippen LogP contribution in [0.3, 0.4) is 0 Å². The van der Waals surface area contributed by atoms with Gasteiger partial charge in [-0.15, -0.1) is 0 Å². The van der Waals surface area contributed by atoms with E-state index in [1.54, 1.807) is 12.3 Å². The minimum atomic E-state index is -0.121. The number of carbonyl (C=O) groups excluding carboxylic acids is 1. The number of aromatic nitrogens is 1. The van der Waals surface area contributed by atoms with E-state index in [4.69, 9.17) is 4.74 Å². The zero-order valence-electron chi connectivity index (χ0n) is 17.8. The van der Waals surface area contributed by atoms with E-state index in [2.05, 4.69) is 44.8 Å². The monoisotopic (exact) mass is 416 g/mol. The molecule has 2 heterocycles. The molecule has 6 nitrogen and oxygen atoms in total. The number of ether oxygens (including phenoxy) is 1. The van der Waals surface area contributed by atoms with Gasteiger partial charge in [-0.05, 0) is 30.7 Å². The summed E-state index contributed by atoms with van der Waals surface area (Å²) >= 11 is 0. The van der Waals surface area contributed by atoms with E-state index in [0.29, 0.717) is 18.7 Å². The zero-order valence-corrected chi connectivity index (χ0v) is 17.8. The van der Waals surface area contributed by atoms with Gasteiger partial charge in [-0.25, -0.2) is 4.98 Å². The van der Waals surface area contributed by atoms with Crippen LogP contribution in [-0.4, -0.2) is 37.1 Å². The number of para-hydroxylation sites is 1. The van der Waals surface area contributed by atoms with Crippen molar-refractivity contribution in [3.63, 3.8) is 0 Å². The van der Waals surface area contributed by atoms with Crippen LogP contribution >= 0.6 is 0 Å². The average molecular weight is 417 g/mol. The molecule has 1 amide bonds. The third-order valence-electron chi connectivity index (χ3n) is 5.42. The number of nitrogens with one attached hydrogen (secondary N) is 2. The molecule has 1 atom stereocenters. The highest BCUT2D eigenvalue weighted by molar-refractivity contribution is 5.94. The van der Waals surface area contributed by atoms with E-state index in [0.717, 1.165) is 36.8 Å². The van der Waals surface area contributed by atoms with Crippen molar-refractivity contribution in [3.8, 4) is 5.75 Å². The fraction of sp³-hybridized carbons (Fsp3) is 0.280. The fourth-order valence-corrected chi connectivity index (χ4v) is 3.82. The van der Waals surface area contributed by atoms with E-state index in [9.17, 15) is 4.79 Å². The average Bonchev–Trinajstić information content (AvgIpc) is 2.84. The minimum absolute atomic E-state index is 0.121. The Hall–Kier alpha value is -3.38. The SMILES string of the molecule is CCOc1ccccc1CNC(=O)c1ccnc(N2CCNC(c3ccccc3)C2)c1. The van der Waals surface area contributed by atoms with Crippen molar-refractivity contribution >= 4 is 11.7 Å². The number of hydrogen-bond donors (Lipinski definition) is 2. The number of benzene rings is 2. The lowest BCUT2D eigenvalue weighted by Gasteiger charge is -2.34. The maximum Gasteiger partial charge on any atom is 0.251 e. The highest BCUT2D eigenvalue weighted by atomic mass is 16.5. The van der Waals surface area contributed by atoms with Crippen LogP contribution in [0.2, 0.25) is 0 Å². The zero-order chi connectivity index (χ0) is 21.5. The quantitative estimate of drug-likeness (QED) is 0.617. The summed E-state index contributed by atoms with van der Waals surface area (Å²) in [7, 11) is 0. The second-order valence-electron chi connectivity index (χ2n) is 7.49. The van der Waals surface area contributed by atoms with Crippen molar-refractivity contribution in [1.29, 1.82) is 0 Å². The van der Waals surface area contributed by atoms with Gasteiger partial charge in [0.2, 0.25) is 0 Å². The predicted octanol–water partition coefficient (Wildman–Crippen LogP) is 3.56. The van der Waals surface area contributed by atoms with Crippen LogP contribution < -0.4 is 20.3 Å². The molecule has 0 bridgehead atoms. The van der Waals surface area contributed by atoms with Crippen molar-refractivity contribution in [2.75, 3.05) is 31.1 Å². The number of pyridine rings is 1. The van der Waals surface area contributed by atoms with Gasteiger partial charge in [0.15, 0.2) is 0 Å². The Morgan fingerprint density at radius 2 is 1.97 bits per heavy atom. The minimum Gasteiger partial charge on any atom is -0.494 e. The molecule has 1 fully saturated rings. The summed E-state index contributed by atoms with van der Waals surface area (Å²) in [5.41, 5.74) is 2.82. The van der Waals surface area contributed by atoms with Gasteiger partial charge in [0.05, 0.1) is 6.61 Å². The molecular weight excluding hydrogens is 388 g/mol. The van der Waals surface area contributed by atoms with Gasteiger partial charge in [-0.3, -0.25) is 4.79 Å². The van der Waals surface area contributed by atoms with Gasteiger partial charge in [-0.1, -0.05) is 48.5 Å². The van der Waals surface area contributed by atoms with Crippen LogP contribution in [0.4, 0.5) is 5.82 Å². The third kappa shape index (κ3) is 5.22. The molecule has 6 heteroatoms. The summed E-state index contributed by atoms with van der Waals surface area (Å²) < 4.78 is 5.65. The molecule has 1 unspecified atom stereocenters. The first-order valence-electron chi connectivity index (χ1n) is 10.7. The molecule has 0 aliphatic carbocycles. The Labute approximate surface area is 183 Å². The summed E-state index contributed by atoms with van der Waals surface area (Å²) in [6.07, 6.45) is 1.71. The highest BCUT2D eigenvalue weighted by Crippen LogP contribution is 2.22. The molecule has 2 N–H and O–H groups in total. The summed E-state index contributed by atoms with van der Waals surface area (Å²) in [4.78, 5) is 19.6. The molecule has 0 saturated carbocycles. The summed E-state index contributed by atoms with van der Waals surface area (Å²) in [6.45, 7) is 5.48. The first-order valence-corrected chi connectivity index (χ1v) is 10.7. The van der Waals surface area contributed by atoms with Gasteiger partial charge < -0.3 is 20.3 Å². The van der Waals surface area contributed by atoms with Gasteiger partial charge >= 0.3 is 0 Å². The van der Waals surface area contributed by atoms with E-state index < -0.39 is 0 Å². The van der Waals surface area contributed by atoms with Crippen LogP contribution in [0.25, 0.3) is 0 Å². The predicted molar refractivity (Wildman–Crippen MR) is 122 cm³/mol. The molecule has 31 heavy (non-hydrogen) atoms. The molecule has 2 aromatic carbocycles. The molecule has 0 radical (unpaired) electrons. The Kier molecular flexibility index (Phi) is 6.79. The molecular formula is C25H28N4O2. The maximum absolute atomic E-state index is 12.8. The first-order chi connectivity index (χ1) is 15.2. The molecule has 3 aromatic rings. The van der Waals surface area contributed by atoms with Gasteiger partial charge in [0, 0.05) is 49.5 Å². The van der Waals surface area contributed by atoms with Crippen molar-refractivity contribution in [2.24, 2.45) is 0 Å². The fourth-order valence-electron chi connectivity index (χ4n) is 3.82. The number of anilines is 1. The van der Waals surface area contributed by atoms with E-state index >= 15 is 0 Å². The lowest BCUT2D eigenvalue weighted by atomic mass is 10.0. The maximum atomic E-state index is 12.8. The third-order valence-corrected chi connectivity index (χ3v) is 5.42. The summed E-state index contributed by atoms with van der Waals surface area (Å²) in [6, 6.07) is 22.1. The smallest absolute Gasteiger partial charge is 0.251 e. The van der Waals surface area contributed by atoms with E-state index in [1.807, 2.05) is 43.3 Å². The van der Waals surface area contributed by atoms with Crippen LogP contribution in [0.15, 0.2) is 72.9 Å². The van der Waals surface area contributed by atoms with E-state index in [-0.39, 0.29) is 11.9 Å². The Balaban J connectivity index is 1.42. The van der Waals surface area contributed by atoms with Gasteiger partial charge in [-0.2, -0.15) is 0 Å². The molecule has 1 aromatic heterocycles. The van der Waals surface area contributed by atoms with Gasteiger partial charge in [0.25, 0.3) is 5.91 Å². The topological polar surface area (TPSA) is 66.5 Å². The number of nitrogens with zero attached hydrogens (tertiary/aromatic N) is 2. The van der Waals surface area contributed by atoms with E-state index in [1.165, 1.54) is 5.56 Å².